The summed E-state index contributed by atoms with van der Waals surface area (Å²) >= 11 is 0. The zero-order valence-corrected chi connectivity index (χ0v) is 8.59. The van der Waals surface area contributed by atoms with Crippen molar-refractivity contribution < 1.29 is 23.1 Å². The first-order chi connectivity index (χ1) is 8.38. The molecule has 0 aliphatic carbocycles. The van der Waals surface area contributed by atoms with E-state index in [1.807, 2.05) is 0 Å². The van der Waals surface area contributed by atoms with Gasteiger partial charge in [0, 0.05) is 12.4 Å². The standard InChI is InChI=1S/C9H5F3N4O2/c10-9(11,12)5-3-14-16(4-5)8-13-2-1-6(15-8)7(17)18/h1-4H,(H,17,18). The zero-order chi connectivity index (χ0) is 13.3. The van der Waals surface area contributed by atoms with E-state index < -0.39 is 17.7 Å². The van der Waals surface area contributed by atoms with E-state index in [-0.39, 0.29) is 11.6 Å². The number of carbonyl (C=O) groups is 1. The summed E-state index contributed by atoms with van der Waals surface area (Å²) in [7, 11) is 0. The van der Waals surface area contributed by atoms with Gasteiger partial charge in [-0.25, -0.2) is 19.4 Å². The lowest BCUT2D eigenvalue weighted by molar-refractivity contribution is -0.137. The normalized spacial score (nSPS) is 11.5. The molecule has 0 saturated carbocycles. The fraction of sp³-hybridized carbons (Fsp3) is 0.111. The average molecular weight is 258 g/mol. The van der Waals surface area contributed by atoms with E-state index in [9.17, 15) is 18.0 Å². The molecular formula is C9H5F3N4O2. The summed E-state index contributed by atoms with van der Waals surface area (Å²) in [5.74, 6) is -1.55. The van der Waals surface area contributed by atoms with Gasteiger partial charge in [0.2, 0.25) is 0 Å². The minimum absolute atomic E-state index is 0.245. The molecule has 6 nitrogen and oxygen atoms in total. The monoisotopic (exact) mass is 258 g/mol. The quantitative estimate of drug-likeness (QED) is 0.880. The summed E-state index contributed by atoms with van der Waals surface area (Å²) < 4.78 is 37.8. The van der Waals surface area contributed by atoms with Crippen LogP contribution in [0.5, 0.6) is 0 Å². The van der Waals surface area contributed by atoms with Gasteiger partial charge in [0.05, 0.1) is 11.8 Å². The Morgan fingerprint density at radius 3 is 2.67 bits per heavy atom. The average Bonchev–Trinajstić information content (AvgIpc) is 2.78. The van der Waals surface area contributed by atoms with Crippen LogP contribution in [0.2, 0.25) is 0 Å². The molecule has 18 heavy (non-hydrogen) atoms. The molecule has 0 fully saturated rings. The second-order valence-corrected chi connectivity index (χ2v) is 3.22. The van der Waals surface area contributed by atoms with Gasteiger partial charge in [-0.05, 0) is 6.07 Å². The fourth-order valence-corrected chi connectivity index (χ4v) is 1.16. The third-order valence-electron chi connectivity index (χ3n) is 1.98. The Kier molecular flexibility index (Phi) is 2.73. The number of aromatic nitrogens is 4. The molecule has 0 bridgehead atoms. The molecule has 0 aromatic carbocycles. The second kappa shape index (κ2) is 4.09. The Morgan fingerprint density at radius 1 is 1.39 bits per heavy atom. The Morgan fingerprint density at radius 2 is 2.11 bits per heavy atom. The lowest BCUT2D eigenvalue weighted by atomic mass is 10.4. The molecule has 0 saturated heterocycles. The highest BCUT2D eigenvalue weighted by atomic mass is 19.4. The van der Waals surface area contributed by atoms with Gasteiger partial charge in [0.15, 0.2) is 5.69 Å². The van der Waals surface area contributed by atoms with Gasteiger partial charge >= 0.3 is 12.1 Å². The fourth-order valence-electron chi connectivity index (χ4n) is 1.16. The van der Waals surface area contributed by atoms with Gasteiger partial charge in [0.25, 0.3) is 5.95 Å². The van der Waals surface area contributed by atoms with Gasteiger partial charge in [0.1, 0.15) is 0 Å². The van der Waals surface area contributed by atoms with Crippen molar-refractivity contribution in [3.63, 3.8) is 0 Å². The predicted octanol–water partition coefficient (Wildman–Crippen LogP) is 1.38. The first kappa shape index (κ1) is 12.0. The first-order valence-electron chi connectivity index (χ1n) is 4.56. The van der Waals surface area contributed by atoms with Crippen LogP contribution >= 0.6 is 0 Å². The van der Waals surface area contributed by atoms with Gasteiger partial charge in [-0.1, -0.05) is 0 Å². The number of halogens is 3. The number of hydrogen-bond donors (Lipinski definition) is 1. The molecule has 2 aromatic rings. The smallest absolute Gasteiger partial charge is 0.419 e. The number of hydrogen-bond acceptors (Lipinski definition) is 4. The van der Waals surface area contributed by atoms with E-state index in [0.717, 1.165) is 16.9 Å². The molecule has 1 N–H and O–H groups in total. The van der Waals surface area contributed by atoms with Gasteiger partial charge in [-0.2, -0.15) is 18.3 Å². The number of carboxylic acid groups (broad SMARTS) is 1. The molecule has 9 heteroatoms. The van der Waals surface area contributed by atoms with Crippen LogP contribution in [0.1, 0.15) is 16.1 Å². The third-order valence-corrected chi connectivity index (χ3v) is 1.98. The molecule has 0 unspecified atom stereocenters. The number of rotatable bonds is 2. The molecule has 0 aliphatic heterocycles. The molecule has 0 aliphatic rings. The van der Waals surface area contributed by atoms with E-state index in [1.165, 1.54) is 0 Å². The maximum Gasteiger partial charge on any atom is 0.419 e. The second-order valence-electron chi connectivity index (χ2n) is 3.22. The van der Waals surface area contributed by atoms with Crippen molar-refractivity contribution in [2.45, 2.75) is 6.18 Å². The molecular weight excluding hydrogens is 253 g/mol. The topological polar surface area (TPSA) is 80.9 Å². The Bertz CT molecular complexity index is 593. The molecule has 2 aromatic heterocycles. The van der Waals surface area contributed by atoms with Crippen molar-refractivity contribution >= 4 is 5.97 Å². The van der Waals surface area contributed by atoms with Crippen LogP contribution in [0.3, 0.4) is 0 Å². The summed E-state index contributed by atoms with van der Waals surface area (Å²) in [5, 5.41) is 12.1. The first-order valence-corrected chi connectivity index (χ1v) is 4.56. The van der Waals surface area contributed by atoms with E-state index in [1.54, 1.807) is 0 Å². The highest BCUT2D eigenvalue weighted by Crippen LogP contribution is 2.28. The number of carboxylic acids is 1. The van der Waals surface area contributed by atoms with Gasteiger partial charge in [-0.15, -0.1) is 0 Å². The van der Waals surface area contributed by atoms with Crippen LogP contribution in [0, 0.1) is 0 Å². The van der Waals surface area contributed by atoms with E-state index >= 15 is 0 Å². The zero-order valence-electron chi connectivity index (χ0n) is 8.59. The van der Waals surface area contributed by atoms with Crippen LogP contribution in [0.4, 0.5) is 13.2 Å². The highest BCUT2D eigenvalue weighted by Gasteiger charge is 2.32. The lowest BCUT2D eigenvalue weighted by Crippen LogP contribution is -2.08. The van der Waals surface area contributed by atoms with E-state index in [4.69, 9.17) is 5.11 Å². The summed E-state index contributed by atoms with van der Waals surface area (Å²) in [4.78, 5) is 17.9. The van der Waals surface area contributed by atoms with Gasteiger partial charge in [-0.3, -0.25) is 0 Å². The van der Waals surface area contributed by atoms with Crippen LogP contribution in [0.25, 0.3) is 5.95 Å². The van der Waals surface area contributed by atoms with E-state index in [2.05, 4.69) is 15.1 Å². The largest absolute Gasteiger partial charge is 0.477 e. The Balaban J connectivity index is 2.40. The van der Waals surface area contributed by atoms with E-state index in [0.29, 0.717) is 12.4 Å². The van der Waals surface area contributed by atoms with Crippen molar-refractivity contribution in [2.75, 3.05) is 0 Å². The highest BCUT2D eigenvalue weighted by molar-refractivity contribution is 5.85. The minimum Gasteiger partial charge on any atom is -0.477 e. The Labute approximate surface area is 97.7 Å². The van der Waals surface area contributed by atoms with Crippen molar-refractivity contribution in [1.29, 1.82) is 0 Å². The maximum absolute atomic E-state index is 12.3. The predicted molar refractivity (Wildman–Crippen MR) is 51.1 cm³/mol. The van der Waals surface area contributed by atoms with Crippen LogP contribution in [0.15, 0.2) is 24.7 Å². The van der Waals surface area contributed by atoms with Crippen LogP contribution in [-0.2, 0) is 6.18 Å². The Hall–Kier alpha value is -2.45. The summed E-state index contributed by atoms with van der Waals surface area (Å²) in [6, 6.07) is 1.13. The third kappa shape index (κ3) is 2.29. The van der Waals surface area contributed by atoms with Crippen molar-refractivity contribution in [2.24, 2.45) is 0 Å². The summed E-state index contributed by atoms with van der Waals surface area (Å²) in [6.45, 7) is 0. The van der Waals surface area contributed by atoms with Crippen molar-refractivity contribution in [3.05, 3.63) is 35.9 Å². The molecule has 0 spiro atoms. The van der Waals surface area contributed by atoms with Crippen LogP contribution < -0.4 is 0 Å². The molecule has 94 valence electrons. The summed E-state index contributed by atoms with van der Waals surface area (Å²) in [6.07, 6.45) is -2.11. The molecule has 0 radical (unpaired) electrons. The number of aromatic carboxylic acids is 1. The molecule has 2 heterocycles. The molecule has 0 atom stereocenters. The lowest BCUT2D eigenvalue weighted by Gasteiger charge is -2.01. The van der Waals surface area contributed by atoms with Gasteiger partial charge < -0.3 is 5.11 Å². The van der Waals surface area contributed by atoms with Crippen molar-refractivity contribution in [3.8, 4) is 5.95 Å². The molecule has 2 rings (SSSR count). The maximum atomic E-state index is 12.3. The van der Waals surface area contributed by atoms with Crippen LogP contribution in [-0.4, -0.2) is 30.8 Å². The summed E-state index contributed by atoms with van der Waals surface area (Å²) in [5.41, 5.74) is -1.30. The minimum atomic E-state index is -4.53. The number of alkyl halides is 3. The molecule has 0 amide bonds. The SMILES string of the molecule is O=C(O)c1ccnc(-n2cc(C(F)(F)F)cn2)n1. The number of nitrogens with zero attached hydrogens (tertiary/aromatic N) is 4. The van der Waals surface area contributed by atoms with Crippen molar-refractivity contribution in [1.82, 2.24) is 19.7 Å².